The average molecular weight is 350 g/mol. The predicted molar refractivity (Wildman–Crippen MR) is 86.8 cm³/mol. The van der Waals surface area contributed by atoms with Crippen molar-refractivity contribution >= 4 is 10.0 Å². The molecule has 3 heterocycles. The molecule has 0 aromatic carbocycles. The fourth-order valence-electron chi connectivity index (χ4n) is 3.57. The lowest BCUT2D eigenvalue weighted by molar-refractivity contribution is 0.423. The second-order valence-corrected chi connectivity index (χ2v) is 8.83. The van der Waals surface area contributed by atoms with Gasteiger partial charge in [-0.3, -0.25) is 5.10 Å². The first-order valence-corrected chi connectivity index (χ1v) is 9.69. The number of rotatable bonds is 4. The van der Waals surface area contributed by atoms with E-state index < -0.39 is 10.0 Å². The number of H-pyrrole nitrogens is 1. The van der Waals surface area contributed by atoms with Gasteiger partial charge in [0.2, 0.25) is 0 Å². The lowest BCUT2D eigenvalue weighted by atomic mass is 9.91. The molecule has 8 nitrogen and oxygen atoms in total. The zero-order chi connectivity index (χ0) is 17.1. The van der Waals surface area contributed by atoms with E-state index in [1.54, 1.807) is 29.0 Å². The molecule has 2 fully saturated rings. The summed E-state index contributed by atoms with van der Waals surface area (Å²) in [6.07, 6.45) is 3.92. The first kappa shape index (κ1) is 15.8. The first-order chi connectivity index (χ1) is 11.4. The van der Waals surface area contributed by atoms with Crippen LogP contribution < -0.4 is 0 Å². The molecule has 2 aliphatic rings. The van der Waals surface area contributed by atoms with Gasteiger partial charge in [0.25, 0.3) is 10.0 Å². The second kappa shape index (κ2) is 5.38. The van der Waals surface area contributed by atoms with Gasteiger partial charge in [0.05, 0.1) is 0 Å². The molecule has 0 unspecified atom stereocenters. The minimum absolute atomic E-state index is 0.0574. The van der Waals surface area contributed by atoms with Gasteiger partial charge in [-0.25, -0.2) is 18.4 Å². The maximum atomic E-state index is 13.0. The van der Waals surface area contributed by atoms with Crippen molar-refractivity contribution < 1.29 is 8.42 Å². The van der Waals surface area contributed by atoms with Gasteiger partial charge in [-0.2, -0.15) is 9.40 Å². The van der Waals surface area contributed by atoms with Gasteiger partial charge < -0.3 is 4.57 Å². The van der Waals surface area contributed by atoms with Crippen LogP contribution in [-0.4, -0.2) is 50.5 Å². The topological polar surface area (TPSA) is 96.8 Å². The molecule has 1 aliphatic carbocycles. The summed E-state index contributed by atoms with van der Waals surface area (Å²) < 4.78 is 29.2. The van der Waals surface area contributed by atoms with Crippen molar-refractivity contribution in [2.24, 2.45) is 18.9 Å². The Balaban J connectivity index is 1.64. The summed E-state index contributed by atoms with van der Waals surface area (Å²) in [4.78, 5) is 8.66. The van der Waals surface area contributed by atoms with E-state index in [-0.39, 0.29) is 10.9 Å². The second-order valence-electron chi connectivity index (χ2n) is 6.95. The minimum Gasteiger partial charge on any atom is -0.337 e. The van der Waals surface area contributed by atoms with Crippen molar-refractivity contribution in [3.63, 3.8) is 0 Å². The van der Waals surface area contributed by atoms with Gasteiger partial charge >= 0.3 is 0 Å². The third-order valence-corrected chi connectivity index (χ3v) is 6.90. The quantitative estimate of drug-likeness (QED) is 0.886. The first-order valence-electron chi connectivity index (χ1n) is 8.25. The summed E-state index contributed by atoms with van der Waals surface area (Å²) in [5.41, 5.74) is 0. The summed E-state index contributed by atoms with van der Waals surface area (Å²) in [5.74, 6) is 3.12. The van der Waals surface area contributed by atoms with E-state index >= 15 is 0 Å². The normalized spacial score (nSPS) is 25.5. The number of aryl methyl sites for hydroxylation is 3. The van der Waals surface area contributed by atoms with E-state index in [0.29, 0.717) is 30.7 Å². The van der Waals surface area contributed by atoms with Crippen LogP contribution in [0.3, 0.4) is 0 Å². The highest BCUT2D eigenvalue weighted by Crippen LogP contribution is 2.47. The Morgan fingerprint density at radius 2 is 1.96 bits per heavy atom. The Bertz CT molecular complexity index is 847. The fraction of sp³-hybridized carbons (Fsp3) is 0.667. The highest BCUT2D eigenvalue weighted by Gasteiger charge is 2.48. The molecular formula is C15H22N6O2S. The summed E-state index contributed by atoms with van der Waals surface area (Å²) in [6.45, 7) is 4.62. The van der Waals surface area contributed by atoms with Crippen molar-refractivity contribution in [2.75, 3.05) is 13.1 Å². The summed E-state index contributed by atoms with van der Waals surface area (Å²) in [5, 5.41) is 7.29. The Kier molecular flexibility index (Phi) is 3.54. The van der Waals surface area contributed by atoms with Crippen molar-refractivity contribution in [2.45, 2.75) is 37.6 Å². The molecule has 0 radical (unpaired) electrons. The van der Waals surface area contributed by atoms with Gasteiger partial charge in [0.1, 0.15) is 11.6 Å². The largest absolute Gasteiger partial charge is 0.337 e. The van der Waals surface area contributed by atoms with E-state index in [4.69, 9.17) is 0 Å². The average Bonchev–Trinajstić information content (AvgIpc) is 2.96. The zero-order valence-electron chi connectivity index (χ0n) is 14.1. The zero-order valence-corrected chi connectivity index (χ0v) is 14.9. The molecule has 1 saturated carbocycles. The summed E-state index contributed by atoms with van der Waals surface area (Å²) in [7, 11) is -1.77. The standard InChI is InChI=1S/C15H22N6O2S/c1-9-16-15(19-18-9)13-7-21(6-12(13)11-4-5-11)24(22,23)14-8-20(3)10(2)17-14/h8,11-13H,4-7H2,1-3H3,(H,16,18,19)/t12-,13+/m0/s1. The number of imidazole rings is 1. The van der Waals surface area contributed by atoms with Crippen molar-refractivity contribution in [3.05, 3.63) is 23.7 Å². The third kappa shape index (κ3) is 2.55. The maximum absolute atomic E-state index is 13.0. The van der Waals surface area contributed by atoms with Crippen LogP contribution in [0.5, 0.6) is 0 Å². The van der Waals surface area contributed by atoms with E-state index in [1.807, 2.05) is 6.92 Å². The molecular weight excluding hydrogens is 328 g/mol. The number of nitrogens with zero attached hydrogens (tertiary/aromatic N) is 5. The minimum atomic E-state index is -3.58. The monoisotopic (exact) mass is 350 g/mol. The number of aromatic amines is 1. The van der Waals surface area contributed by atoms with Crippen LogP contribution in [0, 0.1) is 25.7 Å². The Labute approximate surface area is 141 Å². The van der Waals surface area contributed by atoms with E-state index in [1.165, 1.54) is 12.8 Å². The molecule has 0 spiro atoms. The molecule has 1 aliphatic heterocycles. The van der Waals surface area contributed by atoms with Gasteiger partial charge in [-0.05, 0) is 38.5 Å². The van der Waals surface area contributed by atoms with Gasteiger partial charge in [-0.15, -0.1) is 0 Å². The lowest BCUT2D eigenvalue weighted by Crippen LogP contribution is -2.29. The molecule has 2 aromatic heterocycles. The molecule has 130 valence electrons. The highest BCUT2D eigenvalue weighted by molar-refractivity contribution is 7.89. The third-order valence-electron chi connectivity index (χ3n) is 5.20. The highest BCUT2D eigenvalue weighted by atomic mass is 32.2. The SMILES string of the molecule is Cc1nc([C@@H]2CN(S(=O)(=O)c3cn(C)c(C)n3)C[C@H]2C2CC2)n[nH]1. The smallest absolute Gasteiger partial charge is 0.262 e. The molecule has 2 atom stereocenters. The Morgan fingerprint density at radius 1 is 1.21 bits per heavy atom. The van der Waals surface area contributed by atoms with Crippen LogP contribution in [-0.2, 0) is 17.1 Å². The molecule has 1 N–H and O–H groups in total. The fourth-order valence-corrected chi connectivity index (χ4v) is 5.10. The van der Waals surface area contributed by atoms with E-state index in [9.17, 15) is 8.42 Å². The Morgan fingerprint density at radius 3 is 2.50 bits per heavy atom. The molecule has 9 heteroatoms. The van der Waals surface area contributed by atoms with Gasteiger partial charge in [-0.1, -0.05) is 0 Å². The van der Waals surface area contributed by atoms with Crippen LogP contribution in [0.25, 0.3) is 0 Å². The molecule has 24 heavy (non-hydrogen) atoms. The van der Waals surface area contributed by atoms with Crippen LogP contribution in [0.4, 0.5) is 0 Å². The van der Waals surface area contributed by atoms with Gasteiger partial charge in [0, 0.05) is 32.3 Å². The molecule has 0 bridgehead atoms. The number of hydrogen-bond donors (Lipinski definition) is 1. The van der Waals surface area contributed by atoms with Crippen molar-refractivity contribution in [1.29, 1.82) is 0 Å². The number of sulfonamides is 1. The van der Waals surface area contributed by atoms with Crippen molar-refractivity contribution in [3.8, 4) is 0 Å². The number of nitrogens with one attached hydrogen (secondary N) is 1. The van der Waals surface area contributed by atoms with E-state index in [2.05, 4.69) is 20.2 Å². The van der Waals surface area contributed by atoms with Crippen LogP contribution in [0.2, 0.25) is 0 Å². The number of hydrogen-bond acceptors (Lipinski definition) is 5. The van der Waals surface area contributed by atoms with Crippen LogP contribution >= 0.6 is 0 Å². The lowest BCUT2D eigenvalue weighted by Gasteiger charge is -2.14. The molecule has 0 amide bonds. The van der Waals surface area contributed by atoms with Crippen LogP contribution in [0.1, 0.15) is 36.2 Å². The van der Waals surface area contributed by atoms with E-state index in [0.717, 1.165) is 11.6 Å². The number of aromatic nitrogens is 5. The van der Waals surface area contributed by atoms with Gasteiger partial charge in [0.15, 0.2) is 10.9 Å². The summed E-state index contributed by atoms with van der Waals surface area (Å²) >= 11 is 0. The summed E-state index contributed by atoms with van der Waals surface area (Å²) in [6, 6.07) is 0. The Hall–Kier alpha value is -1.74. The molecule has 2 aromatic rings. The maximum Gasteiger partial charge on any atom is 0.262 e. The molecule has 1 saturated heterocycles. The predicted octanol–water partition coefficient (Wildman–Crippen LogP) is 0.969. The molecule has 4 rings (SSSR count). The van der Waals surface area contributed by atoms with Crippen molar-refractivity contribution in [1.82, 2.24) is 29.0 Å². The van der Waals surface area contributed by atoms with Crippen LogP contribution in [0.15, 0.2) is 11.2 Å².